The molecule has 6 heteroatoms. The zero-order valence-corrected chi connectivity index (χ0v) is 12.7. The van der Waals surface area contributed by atoms with Crippen LogP contribution in [0.4, 0.5) is 0 Å². The number of likely N-dealkylation sites (tertiary alicyclic amines) is 1. The third kappa shape index (κ3) is 2.67. The summed E-state index contributed by atoms with van der Waals surface area (Å²) in [6.45, 7) is 1.44. The molecule has 6 nitrogen and oxygen atoms in total. The van der Waals surface area contributed by atoms with Gasteiger partial charge in [0.25, 0.3) is 5.91 Å². The lowest BCUT2D eigenvalue weighted by molar-refractivity contribution is 0.0683. The number of hydrogen-bond acceptors (Lipinski definition) is 4. The predicted molar refractivity (Wildman–Crippen MR) is 85.9 cm³/mol. The number of piperidine rings is 1. The van der Waals surface area contributed by atoms with Crippen LogP contribution in [-0.2, 0) is 0 Å². The molecule has 1 aliphatic rings. The average molecular weight is 307 g/mol. The van der Waals surface area contributed by atoms with Crippen LogP contribution >= 0.6 is 0 Å². The van der Waals surface area contributed by atoms with Gasteiger partial charge in [-0.05, 0) is 25.0 Å². The topological polar surface area (TPSA) is 63.9 Å². The molecule has 0 aliphatic carbocycles. The quantitative estimate of drug-likeness (QED) is 0.729. The van der Waals surface area contributed by atoms with E-state index in [1.165, 1.54) is 0 Å². The van der Waals surface area contributed by atoms with Crippen molar-refractivity contribution < 1.29 is 4.79 Å². The molecule has 1 saturated heterocycles. The molecule has 4 rings (SSSR count). The Hall–Kier alpha value is -2.76. The number of amides is 1. The number of para-hydroxylation sites is 1. The van der Waals surface area contributed by atoms with E-state index in [0.29, 0.717) is 11.7 Å². The van der Waals surface area contributed by atoms with Crippen molar-refractivity contribution >= 4 is 16.8 Å². The van der Waals surface area contributed by atoms with Gasteiger partial charge >= 0.3 is 0 Å². The lowest BCUT2D eigenvalue weighted by Crippen LogP contribution is -2.39. The van der Waals surface area contributed by atoms with E-state index in [0.717, 1.165) is 36.8 Å². The first-order valence-corrected chi connectivity index (χ1v) is 7.82. The van der Waals surface area contributed by atoms with Crippen LogP contribution in [-0.4, -0.2) is 43.9 Å². The lowest BCUT2D eigenvalue weighted by Gasteiger charge is -2.31. The van der Waals surface area contributed by atoms with Gasteiger partial charge in [-0.2, -0.15) is 0 Å². The molecule has 1 aliphatic heterocycles. The second kappa shape index (κ2) is 5.79. The molecule has 23 heavy (non-hydrogen) atoms. The molecule has 3 aromatic rings. The fraction of sp³-hybridized carbons (Fsp3) is 0.294. The first-order valence-electron chi connectivity index (χ1n) is 7.82. The molecule has 3 heterocycles. The minimum Gasteiger partial charge on any atom is -0.337 e. The summed E-state index contributed by atoms with van der Waals surface area (Å²) in [7, 11) is 0. The SMILES string of the molecule is O=C(c1ccc2ccccc2n1)N1CCC(n2ccnn2)CC1. The van der Waals surface area contributed by atoms with Crippen LogP contribution in [0.5, 0.6) is 0 Å². The standard InChI is InChI=1S/C17H17N5O/c23-17(16-6-5-13-3-1-2-4-15(13)19-16)21-10-7-14(8-11-21)22-12-9-18-20-22/h1-6,9,12,14H,7-8,10-11H2. The van der Waals surface area contributed by atoms with E-state index in [1.54, 1.807) is 6.20 Å². The fourth-order valence-electron chi connectivity index (χ4n) is 3.09. The number of rotatable bonds is 2. The van der Waals surface area contributed by atoms with Crippen molar-refractivity contribution in [3.8, 4) is 0 Å². The highest BCUT2D eigenvalue weighted by atomic mass is 16.2. The largest absolute Gasteiger partial charge is 0.337 e. The molecule has 0 saturated carbocycles. The van der Waals surface area contributed by atoms with Crippen LogP contribution in [0.25, 0.3) is 10.9 Å². The smallest absolute Gasteiger partial charge is 0.272 e. The minimum atomic E-state index is 0.00722. The zero-order valence-electron chi connectivity index (χ0n) is 12.7. The summed E-state index contributed by atoms with van der Waals surface area (Å²) in [5.41, 5.74) is 1.37. The van der Waals surface area contributed by atoms with Gasteiger partial charge < -0.3 is 4.90 Å². The molecule has 1 fully saturated rings. The van der Waals surface area contributed by atoms with Crippen LogP contribution in [0.15, 0.2) is 48.8 Å². The van der Waals surface area contributed by atoms with E-state index in [2.05, 4.69) is 15.3 Å². The third-order valence-corrected chi connectivity index (χ3v) is 4.38. The first-order chi connectivity index (χ1) is 11.3. The van der Waals surface area contributed by atoms with Crippen LogP contribution in [0, 0.1) is 0 Å². The van der Waals surface area contributed by atoms with Gasteiger partial charge in [0.1, 0.15) is 5.69 Å². The van der Waals surface area contributed by atoms with Crippen molar-refractivity contribution in [3.05, 3.63) is 54.5 Å². The van der Waals surface area contributed by atoms with Crippen LogP contribution in [0.1, 0.15) is 29.4 Å². The van der Waals surface area contributed by atoms with Crippen molar-refractivity contribution in [1.82, 2.24) is 24.9 Å². The summed E-state index contributed by atoms with van der Waals surface area (Å²) < 4.78 is 1.89. The summed E-state index contributed by atoms with van der Waals surface area (Å²) in [6, 6.07) is 11.9. The summed E-state index contributed by atoms with van der Waals surface area (Å²) in [4.78, 5) is 19.0. The number of benzene rings is 1. The van der Waals surface area contributed by atoms with Crippen molar-refractivity contribution in [2.45, 2.75) is 18.9 Å². The van der Waals surface area contributed by atoms with Gasteiger partial charge in [0.15, 0.2) is 0 Å². The summed E-state index contributed by atoms with van der Waals surface area (Å²) in [5, 5.41) is 8.95. The number of aromatic nitrogens is 4. The Labute approximate surface area is 133 Å². The van der Waals surface area contributed by atoms with E-state index in [4.69, 9.17) is 0 Å². The normalized spacial score (nSPS) is 15.9. The van der Waals surface area contributed by atoms with Crippen LogP contribution in [0.3, 0.4) is 0 Å². The highest BCUT2D eigenvalue weighted by molar-refractivity contribution is 5.94. The van der Waals surface area contributed by atoms with E-state index in [-0.39, 0.29) is 5.91 Å². The van der Waals surface area contributed by atoms with Gasteiger partial charge in [-0.25, -0.2) is 9.67 Å². The molecule has 116 valence electrons. The highest BCUT2D eigenvalue weighted by Crippen LogP contribution is 2.22. The Morgan fingerprint density at radius 2 is 1.91 bits per heavy atom. The minimum absolute atomic E-state index is 0.00722. The van der Waals surface area contributed by atoms with Crippen molar-refractivity contribution in [3.63, 3.8) is 0 Å². The van der Waals surface area contributed by atoms with Gasteiger partial charge in [0.2, 0.25) is 0 Å². The third-order valence-electron chi connectivity index (χ3n) is 4.38. The fourth-order valence-corrected chi connectivity index (χ4v) is 3.09. The van der Waals surface area contributed by atoms with Gasteiger partial charge in [0, 0.05) is 24.7 Å². The van der Waals surface area contributed by atoms with E-state index in [9.17, 15) is 4.79 Å². The maximum Gasteiger partial charge on any atom is 0.272 e. The van der Waals surface area contributed by atoms with E-state index >= 15 is 0 Å². The van der Waals surface area contributed by atoms with Gasteiger partial charge in [-0.1, -0.05) is 29.5 Å². The summed E-state index contributed by atoms with van der Waals surface area (Å²) in [5.74, 6) is 0.00722. The number of hydrogen-bond donors (Lipinski definition) is 0. The molecule has 2 aromatic heterocycles. The summed E-state index contributed by atoms with van der Waals surface area (Å²) in [6.07, 6.45) is 5.36. The Morgan fingerprint density at radius 3 is 2.70 bits per heavy atom. The lowest BCUT2D eigenvalue weighted by atomic mass is 10.0. The van der Waals surface area contributed by atoms with Crippen molar-refractivity contribution in [1.29, 1.82) is 0 Å². The zero-order chi connectivity index (χ0) is 15.6. The van der Waals surface area contributed by atoms with Crippen LogP contribution in [0.2, 0.25) is 0 Å². The molecule has 0 unspecified atom stereocenters. The molecular formula is C17H17N5O. The predicted octanol–water partition coefficient (Wildman–Crippen LogP) is 2.30. The second-order valence-electron chi connectivity index (χ2n) is 5.80. The van der Waals surface area contributed by atoms with Gasteiger partial charge in [-0.3, -0.25) is 4.79 Å². The maximum absolute atomic E-state index is 12.7. The van der Waals surface area contributed by atoms with Crippen LogP contribution < -0.4 is 0 Å². The van der Waals surface area contributed by atoms with Gasteiger partial charge in [-0.15, -0.1) is 5.10 Å². The number of carbonyl (C=O) groups is 1. The molecule has 1 amide bonds. The Balaban J connectivity index is 1.48. The van der Waals surface area contributed by atoms with Crippen molar-refractivity contribution in [2.75, 3.05) is 13.1 Å². The molecule has 0 N–H and O–H groups in total. The Morgan fingerprint density at radius 1 is 1.09 bits per heavy atom. The molecule has 1 aromatic carbocycles. The number of fused-ring (bicyclic) bond motifs is 1. The van der Waals surface area contributed by atoms with E-state index < -0.39 is 0 Å². The van der Waals surface area contributed by atoms with Gasteiger partial charge in [0.05, 0.1) is 17.8 Å². The average Bonchev–Trinajstić information content (AvgIpc) is 3.15. The highest BCUT2D eigenvalue weighted by Gasteiger charge is 2.25. The van der Waals surface area contributed by atoms with E-state index in [1.807, 2.05) is 52.2 Å². The molecule has 0 radical (unpaired) electrons. The Kier molecular flexibility index (Phi) is 3.49. The first kappa shape index (κ1) is 13.9. The number of nitrogens with zero attached hydrogens (tertiary/aromatic N) is 5. The summed E-state index contributed by atoms with van der Waals surface area (Å²) >= 11 is 0. The molecule has 0 spiro atoms. The number of carbonyl (C=O) groups excluding carboxylic acids is 1. The van der Waals surface area contributed by atoms with Crippen molar-refractivity contribution in [2.24, 2.45) is 0 Å². The maximum atomic E-state index is 12.7. The Bertz CT molecular complexity index is 822. The number of pyridine rings is 1. The second-order valence-corrected chi connectivity index (χ2v) is 5.80. The monoisotopic (exact) mass is 307 g/mol. The molecular weight excluding hydrogens is 290 g/mol. The molecule has 0 atom stereocenters. The molecule has 0 bridgehead atoms.